The first-order valence-corrected chi connectivity index (χ1v) is 5.47. The summed E-state index contributed by atoms with van der Waals surface area (Å²) in [6.07, 6.45) is 2.16. The average molecular weight is 202 g/mol. The minimum absolute atomic E-state index is 0.137. The molecule has 0 aromatic heterocycles. The highest BCUT2D eigenvalue weighted by Crippen LogP contribution is 2.34. The summed E-state index contributed by atoms with van der Waals surface area (Å²) in [6, 6.07) is 0. The molecule has 0 aromatic carbocycles. The number of hydrogen-bond donors (Lipinski definition) is 1. The van der Waals surface area contributed by atoms with E-state index in [1.54, 1.807) is 0 Å². The number of aliphatic hydroxyl groups is 1. The summed E-state index contributed by atoms with van der Waals surface area (Å²) in [7, 11) is 0. The Morgan fingerprint density at radius 1 is 1.43 bits per heavy atom. The fourth-order valence-electron chi connectivity index (χ4n) is 1.98. The minimum atomic E-state index is -0.654. The van der Waals surface area contributed by atoms with Crippen molar-refractivity contribution in [2.24, 2.45) is 0 Å². The van der Waals surface area contributed by atoms with Crippen molar-refractivity contribution in [1.82, 2.24) is 0 Å². The van der Waals surface area contributed by atoms with Crippen molar-refractivity contribution in [3.05, 3.63) is 0 Å². The van der Waals surface area contributed by atoms with Crippen LogP contribution in [0.5, 0.6) is 0 Å². The second-order valence-corrected chi connectivity index (χ2v) is 4.48. The van der Waals surface area contributed by atoms with Gasteiger partial charge >= 0.3 is 0 Å². The smallest absolute Gasteiger partial charge is 0.168 e. The lowest BCUT2D eigenvalue weighted by molar-refractivity contribution is -0.190. The van der Waals surface area contributed by atoms with Gasteiger partial charge in [0.15, 0.2) is 5.79 Å². The van der Waals surface area contributed by atoms with E-state index >= 15 is 0 Å². The van der Waals surface area contributed by atoms with Gasteiger partial charge in [-0.15, -0.1) is 0 Å². The van der Waals surface area contributed by atoms with Crippen LogP contribution in [0.25, 0.3) is 0 Å². The van der Waals surface area contributed by atoms with Crippen LogP contribution in [0, 0.1) is 0 Å². The lowest BCUT2D eigenvalue weighted by Gasteiger charge is -2.33. The van der Waals surface area contributed by atoms with Crippen molar-refractivity contribution in [1.29, 1.82) is 0 Å². The van der Waals surface area contributed by atoms with E-state index in [1.807, 2.05) is 27.7 Å². The molecule has 84 valence electrons. The van der Waals surface area contributed by atoms with Crippen molar-refractivity contribution in [3.8, 4) is 0 Å². The zero-order valence-corrected chi connectivity index (χ0v) is 9.67. The van der Waals surface area contributed by atoms with Crippen LogP contribution in [-0.4, -0.2) is 29.2 Å². The first-order valence-electron chi connectivity index (χ1n) is 5.47. The van der Waals surface area contributed by atoms with Crippen LogP contribution in [0.3, 0.4) is 0 Å². The summed E-state index contributed by atoms with van der Waals surface area (Å²) in [5, 5.41) is 10.2. The van der Waals surface area contributed by atoms with Gasteiger partial charge in [-0.1, -0.05) is 13.8 Å². The van der Waals surface area contributed by atoms with Crippen molar-refractivity contribution < 1.29 is 14.6 Å². The SMILES string of the molecule is CCC(O)(CC)CC1(C)OCC(C)O1. The molecule has 3 heteroatoms. The molecule has 2 unspecified atom stereocenters. The molecule has 1 fully saturated rings. The molecule has 1 aliphatic heterocycles. The molecule has 2 atom stereocenters. The van der Waals surface area contributed by atoms with Crippen LogP contribution >= 0.6 is 0 Å². The van der Waals surface area contributed by atoms with Gasteiger partial charge in [-0.3, -0.25) is 0 Å². The predicted octanol–water partition coefficient (Wildman–Crippen LogP) is 2.08. The molecule has 0 aromatic rings. The molecule has 1 N–H and O–H groups in total. The van der Waals surface area contributed by atoms with E-state index in [2.05, 4.69) is 0 Å². The maximum atomic E-state index is 10.2. The van der Waals surface area contributed by atoms with Gasteiger partial charge in [-0.05, 0) is 26.7 Å². The quantitative estimate of drug-likeness (QED) is 0.758. The fraction of sp³-hybridized carbons (Fsp3) is 1.00. The van der Waals surface area contributed by atoms with Gasteiger partial charge in [0.25, 0.3) is 0 Å². The zero-order chi connectivity index (χ0) is 10.8. The first-order chi connectivity index (χ1) is 6.43. The maximum Gasteiger partial charge on any atom is 0.168 e. The number of rotatable bonds is 4. The minimum Gasteiger partial charge on any atom is -0.390 e. The molecular weight excluding hydrogens is 180 g/mol. The molecule has 1 rings (SSSR count). The van der Waals surface area contributed by atoms with Crippen molar-refractivity contribution in [3.63, 3.8) is 0 Å². The third-order valence-electron chi connectivity index (χ3n) is 3.04. The summed E-state index contributed by atoms with van der Waals surface area (Å²) in [5.74, 6) is -0.597. The summed E-state index contributed by atoms with van der Waals surface area (Å²) in [6.45, 7) is 8.51. The molecule has 1 heterocycles. The van der Waals surface area contributed by atoms with Crippen molar-refractivity contribution >= 4 is 0 Å². The number of hydrogen-bond acceptors (Lipinski definition) is 3. The highest BCUT2D eigenvalue weighted by molar-refractivity contribution is 4.85. The van der Waals surface area contributed by atoms with E-state index < -0.39 is 11.4 Å². The van der Waals surface area contributed by atoms with Crippen molar-refractivity contribution in [2.75, 3.05) is 6.61 Å². The van der Waals surface area contributed by atoms with Crippen LogP contribution in [0.4, 0.5) is 0 Å². The standard InChI is InChI=1S/C11H22O3/c1-5-11(12,6-2)8-10(4)13-7-9(3)14-10/h9,12H,5-8H2,1-4H3. The van der Waals surface area contributed by atoms with E-state index in [1.165, 1.54) is 0 Å². The summed E-state index contributed by atoms with van der Waals surface area (Å²) < 4.78 is 11.2. The van der Waals surface area contributed by atoms with E-state index in [9.17, 15) is 5.11 Å². The van der Waals surface area contributed by atoms with Crippen LogP contribution < -0.4 is 0 Å². The van der Waals surface area contributed by atoms with E-state index in [0.29, 0.717) is 13.0 Å². The topological polar surface area (TPSA) is 38.7 Å². The monoisotopic (exact) mass is 202 g/mol. The Morgan fingerprint density at radius 3 is 2.36 bits per heavy atom. The molecule has 1 saturated heterocycles. The Balaban J connectivity index is 2.58. The van der Waals surface area contributed by atoms with Crippen LogP contribution in [0.1, 0.15) is 47.0 Å². The van der Waals surface area contributed by atoms with Crippen LogP contribution in [-0.2, 0) is 9.47 Å². The van der Waals surface area contributed by atoms with Gasteiger partial charge in [0.05, 0.1) is 18.3 Å². The molecule has 3 nitrogen and oxygen atoms in total. The summed E-state index contributed by atoms with van der Waals surface area (Å²) in [4.78, 5) is 0. The second-order valence-electron chi connectivity index (χ2n) is 4.48. The molecule has 0 saturated carbocycles. The Bertz CT molecular complexity index is 189. The number of ether oxygens (including phenoxy) is 2. The highest BCUT2D eigenvalue weighted by Gasteiger charge is 2.41. The average Bonchev–Trinajstić information content (AvgIpc) is 2.46. The Labute approximate surface area is 86.4 Å². The predicted molar refractivity (Wildman–Crippen MR) is 55.1 cm³/mol. The van der Waals surface area contributed by atoms with Gasteiger partial charge in [0.2, 0.25) is 0 Å². The molecule has 0 bridgehead atoms. The van der Waals surface area contributed by atoms with Gasteiger partial charge < -0.3 is 14.6 Å². The van der Waals surface area contributed by atoms with Gasteiger partial charge in [-0.2, -0.15) is 0 Å². The zero-order valence-electron chi connectivity index (χ0n) is 9.67. The van der Waals surface area contributed by atoms with E-state index in [-0.39, 0.29) is 6.10 Å². The van der Waals surface area contributed by atoms with E-state index in [0.717, 1.165) is 12.8 Å². The first kappa shape index (κ1) is 12.0. The molecule has 1 aliphatic rings. The molecule has 0 amide bonds. The van der Waals surface area contributed by atoms with E-state index in [4.69, 9.17) is 9.47 Å². The normalized spacial score (nSPS) is 33.6. The second kappa shape index (κ2) is 4.17. The Morgan fingerprint density at radius 2 is 2.00 bits per heavy atom. The highest BCUT2D eigenvalue weighted by atomic mass is 16.7. The van der Waals surface area contributed by atoms with Gasteiger partial charge in [0.1, 0.15) is 0 Å². The summed E-state index contributed by atoms with van der Waals surface area (Å²) >= 11 is 0. The third kappa shape index (κ3) is 2.69. The molecule has 0 radical (unpaired) electrons. The lowest BCUT2D eigenvalue weighted by atomic mass is 9.89. The van der Waals surface area contributed by atoms with Crippen LogP contribution in [0.2, 0.25) is 0 Å². The Hall–Kier alpha value is -0.120. The van der Waals surface area contributed by atoms with Crippen molar-refractivity contribution in [2.45, 2.75) is 64.4 Å². The van der Waals surface area contributed by atoms with Crippen LogP contribution in [0.15, 0.2) is 0 Å². The Kier molecular flexibility index (Phi) is 3.56. The fourth-order valence-corrected chi connectivity index (χ4v) is 1.98. The summed E-state index contributed by atoms with van der Waals surface area (Å²) in [5.41, 5.74) is -0.654. The molecule has 0 aliphatic carbocycles. The molecule has 0 spiro atoms. The largest absolute Gasteiger partial charge is 0.390 e. The van der Waals surface area contributed by atoms with Gasteiger partial charge in [0, 0.05) is 6.42 Å². The molecular formula is C11H22O3. The maximum absolute atomic E-state index is 10.2. The van der Waals surface area contributed by atoms with Gasteiger partial charge in [-0.25, -0.2) is 0 Å². The third-order valence-corrected chi connectivity index (χ3v) is 3.04. The lowest BCUT2D eigenvalue weighted by Crippen LogP contribution is -2.39. The molecule has 14 heavy (non-hydrogen) atoms.